The van der Waals surface area contributed by atoms with Crippen LogP contribution in [0.25, 0.3) is 67.8 Å². The molecule has 8 aliphatic rings. The van der Waals surface area contributed by atoms with Gasteiger partial charge < -0.3 is 68.6 Å². The van der Waals surface area contributed by atoms with Crippen molar-refractivity contribution in [3.05, 3.63) is 426 Å². The minimum atomic E-state index is -3.16. The van der Waals surface area contributed by atoms with Crippen LogP contribution in [-0.2, 0) is 89.0 Å². The number of alkyl halides is 2. The Balaban J connectivity index is 0.000000114. The normalized spacial score (nSPS) is 17.3. The number of aromatic nitrogens is 8. The van der Waals surface area contributed by atoms with E-state index in [1.807, 2.05) is 137 Å². The number of hydrogen-bond acceptors (Lipinski definition) is 18. The van der Waals surface area contributed by atoms with Gasteiger partial charge in [0, 0.05) is 172 Å². The van der Waals surface area contributed by atoms with Gasteiger partial charge in [0.25, 0.3) is 23.6 Å². The Morgan fingerprint density at radius 3 is 0.890 bits per heavy atom. The molecule has 4 saturated heterocycles. The predicted octanol–water partition coefficient (Wildman–Crippen LogP) is 23.5. The molecule has 0 radical (unpaired) electrons. The average molecular weight is 2220 g/mol. The molecule has 4 fully saturated rings. The highest BCUT2D eigenvalue weighted by atomic mass is 79.9. The van der Waals surface area contributed by atoms with Crippen LogP contribution in [-0.4, -0.2) is 135 Å². The Hall–Kier alpha value is -14.9. The van der Waals surface area contributed by atoms with Gasteiger partial charge in [-0.05, 0) is 253 Å². The first-order valence-electron chi connectivity index (χ1n) is 47.1. The second-order valence-electron chi connectivity index (χ2n) is 36.2. The smallest absolute Gasteiger partial charge is 0.314 e. The minimum absolute atomic E-state index is 0.00488. The maximum Gasteiger partial charge on any atom is 0.314 e. The fourth-order valence-corrected chi connectivity index (χ4v) is 20.1. The molecule has 736 valence electrons. The summed E-state index contributed by atoms with van der Waals surface area (Å²) in [6, 6.07) is 70.9. The van der Waals surface area contributed by atoms with Crippen molar-refractivity contribution >= 4 is 110 Å². The third-order valence-corrected chi connectivity index (χ3v) is 28.5. The maximum absolute atomic E-state index is 14.5. The molecule has 34 heteroatoms. The summed E-state index contributed by atoms with van der Waals surface area (Å²) in [6.45, 7) is 17.3. The second-order valence-corrected chi connectivity index (χ2v) is 39.9. The van der Waals surface area contributed by atoms with Gasteiger partial charge in [0.05, 0.1) is 59.1 Å². The molecule has 0 saturated carbocycles. The van der Waals surface area contributed by atoms with Gasteiger partial charge in [0.1, 0.15) is 60.8 Å². The zero-order valence-electron chi connectivity index (χ0n) is 78.3. The van der Waals surface area contributed by atoms with Crippen LogP contribution in [0.2, 0.25) is 0 Å². The summed E-state index contributed by atoms with van der Waals surface area (Å²) in [5.41, 5.74) is 26.3. The number of halogens is 8. The van der Waals surface area contributed by atoms with Crippen molar-refractivity contribution in [3.8, 4) is 67.8 Å². The highest BCUT2D eigenvalue weighted by Gasteiger charge is 2.45. The Labute approximate surface area is 870 Å². The van der Waals surface area contributed by atoms with E-state index in [1.54, 1.807) is 96.6 Å². The van der Waals surface area contributed by atoms with Crippen LogP contribution in [0.3, 0.4) is 0 Å². The maximum atomic E-state index is 14.5. The number of rotatable bonds is 24. The number of allylic oxidation sites excluding steroid dienone is 4. The molecular formula is C112H92Br4F4N16O10. The van der Waals surface area contributed by atoms with E-state index in [0.29, 0.717) is 66.2 Å². The number of ether oxygens (including phenoxy) is 4. The van der Waals surface area contributed by atoms with Crippen LogP contribution >= 0.6 is 63.7 Å². The molecule has 0 bridgehead atoms. The molecular weight excluding hydrogens is 2120 g/mol. The number of nitrogens with zero attached hydrogens (tertiary/aromatic N) is 12. The number of anilines is 4. The first kappa shape index (κ1) is 97.2. The molecule has 146 heavy (non-hydrogen) atoms. The number of fused-ring (bicyclic) bond motifs is 4. The summed E-state index contributed by atoms with van der Waals surface area (Å²) in [4.78, 5) is 58.5. The van der Waals surface area contributed by atoms with Gasteiger partial charge in [-0.15, -0.1) is 0 Å². The second kappa shape index (κ2) is 41.7. The Morgan fingerprint density at radius 1 is 0.336 bits per heavy atom. The summed E-state index contributed by atoms with van der Waals surface area (Å²) < 4.78 is 102. The monoisotopic (exact) mass is 2210 g/mol. The zero-order valence-corrected chi connectivity index (χ0v) is 84.6. The van der Waals surface area contributed by atoms with Crippen molar-refractivity contribution in [1.29, 1.82) is 0 Å². The van der Waals surface area contributed by atoms with Crippen LogP contribution in [0, 0.1) is 11.6 Å². The molecule has 4 amide bonds. The molecule has 14 heterocycles. The van der Waals surface area contributed by atoms with E-state index in [4.69, 9.17) is 48.2 Å². The molecule has 6 aromatic heterocycles. The lowest BCUT2D eigenvalue weighted by Crippen LogP contribution is -2.30. The van der Waals surface area contributed by atoms with Gasteiger partial charge in [0.15, 0.2) is 24.9 Å². The molecule has 0 aliphatic carbocycles. The number of nitrogens with one attached hydrogen (secondary N) is 4. The fourth-order valence-electron chi connectivity index (χ4n) is 19.0. The summed E-state index contributed by atoms with van der Waals surface area (Å²) >= 11 is 13.9. The number of amides is 4. The van der Waals surface area contributed by atoms with Crippen molar-refractivity contribution in [1.82, 2.24) is 58.7 Å². The fraction of sp³-hybridized carbons (Fsp3) is 0.179. The molecule has 0 spiro atoms. The van der Waals surface area contributed by atoms with E-state index in [9.17, 15) is 36.7 Å². The largest absolute Gasteiger partial charge is 0.472 e. The van der Waals surface area contributed by atoms with E-state index >= 15 is 0 Å². The Bertz CT molecular complexity index is 7490. The Kier molecular flexibility index (Phi) is 27.8. The summed E-state index contributed by atoms with van der Waals surface area (Å²) in [5, 5.41) is 31.7. The highest BCUT2D eigenvalue weighted by Crippen LogP contribution is 2.48. The van der Waals surface area contributed by atoms with Crippen molar-refractivity contribution in [2.75, 3.05) is 73.9 Å². The molecule has 8 aliphatic heterocycles. The third-order valence-electron chi connectivity index (χ3n) is 26.4. The van der Waals surface area contributed by atoms with E-state index in [0.717, 1.165) is 157 Å². The van der Waals surface area contributed by atoms with E-state index in [1.165, 1.54) is 58.1 Å². The SMILES string of the molecule is C=C1Cc2cc(CCN3C(=O)COC3c3cn(-c4ccc(Br)cc4)nc3-c3ccoc3)ccc2N1.C=C1Cc2cc(CCN3C(=O)CO[C@@H]3c3cn(-c4ccc(Br)cc4)nc3-c3ccc(F)cc3)ccc2N1.C=C1Cc2cc(CCN3C(=O)CO[C@@H]3c3cn(-c4ccc(Br)cc4)nc3-c3ccoc3)ccc2N1.C=C1Nc2ccc(CCN3C(=O)COC3c3cn(-c4ccc(Br)cc4)nc3-c3ccc(F)cc3)cc2C1(F)F. The summed E-state index contributed by atoms with van der Waals surface area (Å²) in [7, 11) is 0. The van der Waals surface area contributed by atoms with Gasteiger partial charge >= 0.3 is 5.92 Å². The van der Waals surface area contributed by atoms with Crippen LogP contribution in [0.4, 0.5) is 40.3 Å². The molecule has 4 atom stereocenters. The van der Waals surface area contributed by atoms with Gasteiger partial charge in [-0.25, -0.2) is 27.5 Å². The van der Waals surface area contributed by atoms with E-state index in [2.05, 4.69) is 166 Å². The van der Waals surface area contributed by atoms with Crippen molar-refractivity contribution in [3.63, 3.8) is 0 Å². The van der Waals surface area contributed by atoms with Gasteiger partial charge in [-0.3, -0.25) is 19.2 Å². The van der Waals surface area contributed by atoms with Crippen LogP contribution in [0.15, 0.2) is 356 Å². The van der Waals surface area contributed by atoms with Gasteiger partial charge in [-0.1, -0.05) is 133 Å². The standard InChI is InChI=1S/C29H22BrF3N4O2.C29H24BrFN4O2.2C27H23BrN4O3/c1-17-29(32,33)24-14-18(2-11-25(24)34-17)12-13-36-26(38)16-39-28(36)23-15-37(22-9-5-20(30)6-10-22)35-27(23)19-3-7-21(31)8-4-19;1-18-14-21-15-19(2-11-26(21)32-18)12-13-34-27(36)17-37-29(34)25-16-35(24-9-5-22(30)6-10-24)33-28(25)20-3-7-23(31)8-4-20;2*1-17-12-20-13-18(2-7-24(20)29-17)8-10-31-25(33)16-35-27(31)23-14-32(22-5-3-21(28)4-6-22)30-26(23)19-9-11-34-15-19/h2-11,14-15,28,34H,1,12-13,16H2;2-11,15-16,29,32H,1,12-14,17H2;2*2-7,9,11,13-15,27,29H,1,8,10,12,16H2/t;29-;27-;/m.11./s1. The minimum Gasteiger partial charge on any atom is -0.472 e. The first-order valence-corrected chi connectivity index (χ1v) is 50.2. The number of hydrogen-bond donors (Lipinski definition) is 4. The van der Waals surface area contributed by atoms with Crippen molar-refractivity contribution in [2.45, 2.75) is 75.8 Å². The number of carbonyl (C=O) groups is 4. The van der Waals surface area contributed by atoms with E-state index < -0.39 is 30.8 Å². The van der Waals surface area contributed by atoms with Crippen LogP contribution < -0.4 is 21.3 Å². The van der Waals surface area contributed by atoms with Crippen LogP contribution in [0.1, 0.15) is 91.7 Å². The summed E-state index contributed by atoms with van der Waals surface area (Å²) in [6.07, 6.45) is 16.7. The average Bonchev–Trinajstić information content (AvgIpc) is 1.94. The molecule has 16 aromatic rings. The number of carbonyl (C=O) groups excluding carboxylic acids is 4. The topological polar surface area (TPSA) is 264 Å². The number of benzene rings is 10. The predicted molar refractivity (Wildman–Crippen MR) is 560 cm³/mol. The third kappa shape index (κ3) is 20.8. The van der Waals surface area contributed by atoms with Crippen molar-refractivity contribution in [2.24, 2.45) is 0 Å². The highest BCUT2D eigenvalue weighted by molar-refractivity contribution is 9.11. The quantitative estimate of drug-likeness (QED) is 0.0410. The zero-order chi connectivity index (χ0) is 101. The van der Waals surface area contributed by atoms with Crippen molar-refractivity contribution < 1.29 is 64.5 Å². The Morgan fingerprint density at radius 2 is 0.610 bits per heavy atom. The lowest BCUT2D eigenvalue weighted by atomic mass is 10.0. The molecule has 10 aromatic carbocycles. The summed E-state index contributed by atoms with van der Waals surface area (Å²) in [5.74, 6) is -4.20. The van der Waals surface area contributed by atoms with Gasteiger partial charge in [-0.2, -0.15) is 29.2 Å². The van der Waals surface area contributed by atoms with Gasteiger partial charge in [0.2, 0.25) is 0 Å². The molecule has 26 nitrogen and oxygen atoms in total. The molecule has 4 N–H and O–H groups in total. The van der Waals surface area contributed by atoms with Crippen LogP contribution in [0.5, 0.6) is 0 Å². The lowest BCUT2D eigenvalue weighted by molar-refractivity contribution is -0.128. The lowest BCUT2D eigenvalue weighted by Gasteiger charge is -2.23. The van der Waals surface area contributed by atoms with E-state index in [-0.39, 0.29) is 79.5 Å². The molecule has 2 unspecified atom stereocenters. The number of furan rings is 2. The first-order chi connectivity index (χ1) is 70.7. The molecule has 24 rings (SSSR count).